The molecule has 4 aromatic rings. The van der Waals surface area contributed by atoms with E-state index in [1.54, 1.807) is 32.0 Å². The highest BCUT2D eigenvalue weighted by molar-refractivity contribution is 5.92. The highest BCUT2D eigenvalue weighted by Crippen LogP contribution is 2.24. The van der Waals surface area contributed by atoms with Crippen molar-refractivity contribution in [1.29, 1.82) is 0 Å². The third-order valence-corrected chi connectivity index (χ3v) is 5.32. The van der Waals surface area contributed by atoms with Gasteiger partial charge in [-0.1, -0.05) is 23.8 Å². The normalized spacial score (nSPS) is 11.6. The predicted molar refractivity (Wildman–Crippen MR) is 129 cm³/mol. The van der Waals surface area contributed by atoms with Crippen LogP contribution in [0.2, 0.25) is 0 Å². The summed E-state index contributed by atoms with van der Waals surface area (Å²) in [6.45, 7) is 5.60. The van der Waals surface area contributed by atoms with Gasteiger partial charge in [-0.05, 0) is 51.1 Å². The number of hydrogen-bond acceptors (Lipinski definition) is 7. The topological polar surface area (TPSA) is 124 Å². The zero-order chi connectivity index (χ0) is 24.8. The summed E-state index contributed by atoms with van der Waals surface area (Å²) in [6.07, 6.45) is 2.87. The summed E-state index contributed by atoms with van der Waals surface area (Å²) in [5.41, 5.74) is 3.01. The highest BCUT2D eigenvalue weighted by Gasteiger charge is 2.18. The monoisotopic (exact) mass is 474 g/mol. The summed E-state index contributed by atoms with van der Waals surface area (Å²) in [4.78, 5) is 33.1. The minimum absolute atomic E-state index is 0.109. The second kappa shape index (κ2) is 10.6. The third kappa shape index (κ3) is 6.11. The van der Waals surface area contributed by atoms with Crippen LogP contribution < -0.4 is 15.4 Å². The predicted octanol–water partition coefficient (Wildman–Crippen LogP) is 3.44. The fourth-order valence-electron chi connectivity index (χ4n) is 3.28. The molecule has 2 heterocycles. The zero-order valence-corrected chi connectivity index (χ0v) is 19.7. The van der Waals surface area contributed by atoms with E-state index in [2.05, 4.69) is 25.7 Å². The molecule has 0 saturated heterocycles. The van der Waals surface area contributed by atoms with Gasteiger partial charge in [-0.3, -0.25) is 9.59 Å². The number of rotatable bonds is 9. The number of amides is 2. The van der Waals surface area contributed by atoms with Crippen molar-refractivity contribution < 1.29 is 18.7 Å². The van der Waals surface area contributed by atoms with Crippen molar-refractivity contribution in [2.45, 2.75) is 33.4 Å². The van der Waals surface area contributed by atoms with Crippen LogP contribution in [0.3, 0.4) is 0 Å². The number of benzene rings is 2. The molecule has 0 aliphatic carbocycles. The summed E-state index contributed by atoms with van der Waals surface area (Å²) < 4.78 is 12.8. The van der Waals surface area contributed by atoms with Crippen LogP contribution in [0, 0.1) is 13.8 Å². The van der Waals surface area contributed by atoms with E-state index in [1.807, 2.05) is 37.3 Å². The van der Waals surface area contributed by atoms with Gasteiger partial charge in [0.1, 0.15) is 35.9 Å². The molecule has 35 heavy (non-hydrogen) atoms. The molecule has 0 aliphatic heterocycles. The van der Waals surface area contributed by atoms with Crippen LogP contribution in [0.1, 0.15) is 30.0 Å². The third-order valence-electron chi connectivity index (χ3n) is 5.32. The van der Waals surface area contributed by atoms with Gasteiger partial charge in [-0.15, -0.1) is 0 Å². The smallest absolute Gasteiger partial charge is 0.262 e. The molecule has 0 fully saturated rings. The first-order valence-corrected chi connectivity index (χ1v) is 11.1. The van der Waals surface area contributed by atoms with Crippen LogP contribution in [0.25, 0.3) is 11.5 Å². The van der Waals surface area contributed by atoms with Crippen molar-refractivity contribution in [2.24, 2.45) is 0 Å². The Labute approximate surface area is 202 Å². The first kappa shape index (κ1) is 23.7. The lowest BCUT2D eigenvalue weighted by molar-refractivity contribution is -0.124. The van der Waals surface area contributed by atoms with Crippen molar-refractivity contribution in [3.05, 3.63) is 78.2 Å². The Kier molecular flexibility index (Phi) is 7.20. The molecule has 2 aromatic carbocycles. The zero-order valence-electron chi connectivity index (χ0n) is 19.7. The number of carbonyl (C=O) groups is 2. The van der Waals surface area contributed by atoms with Crippen LogP contribution >= 0.6 is 0 Å². The lowest BCUT2D eigenvalue weighted by atomic mass is 10.2. The van der Waals surface area contributed by atoms with Gasteiger partial charge in [0.2, 0.25) is 11.8 Å². The fourth-order valence-corrected chi connectivity index (χ4v) is 3.28. The van der Waals surface area contributed by atoms with Crippen LogP contribution in [0.15, 0.2) is 65.6 Å². The summed E-state index contributed by atoms with van der Waals surface area (Å²) in [6, 6.07) is 14.2. The first-order valence-electron chi connectivity index (χ1n) is 11.1. The van der Waals surface area contributed by atoms with E-state index in [-0.39, 0.29) is 25.0 Å². The average molecular weight is 475 g/mol. The van der Waals surface area contributed by atoms with Gasteiger partial charge in [0.05, 0.1) is 6.54 Å². The number of ether oxygens (including phenoxy) is 1. The van der Waals surface area contributed by atoms with Crippen LogP contribution in [0.4, 0.5) is 5.69 Å². The Morgan fingerprint density at radius 1 is 1.14 bits per heavy atom. The largest absolute Gasteiger partial charge is 0.484 e. The van der Waals surface area contributed by atoms with Crippen molar-refractivity contribution >= 4 is 17.5 Å². The van der Waals surface area contributed by atoms with E-state index in [9.17, 15) is 9.59 Å². The molecule has 2 amide bonds. The maximum atomic E-state index is 12.4. The van der Waals surface area contributed by atoms with E-state index in [0.29, 0.717) is 34.3 Å². The summed E-state index contributed by atoms with van der Waals surface area (Å²) in [7, 11) is 0. The standard InChI is InChI=1S/C25H26N6O4/c1-16-7-9-21(10-8-16)34-13-23(32)29-20-6-4-5-19(11-20)25-30-22(18(3)35-25)12-27-24(33)17(2)31-15-26-14-28-31/h4-11,14-15,17H,12-13H2,1-3H3,(H,27,33)(H,29,32)/t17-/m1/s1. The number of hydrogen-bond donors (Lipinski definition) is 2. The van der Waals surface area contributed by atoms with E-state index in [1.165, 1.54) is 17.3 Å². The van der Waals surface area contributed by atoms with Crippen LogP contribution in [0.5, 0.6) is 5.75 Å². The summed E-state index contributed by atoms with van der Waals surface area (Å²) >= 11 is 0. The molecule has 0 saturated carbocycles. The molecule has 10 heteroatoms. The molecule has 10 nitrogen and oxygen atoms in total. The fraction of sp³-hybridized carbons (Fsp3) is 0.240. The molecule has 2 aromatic heterocycles. The molecule has 1 atom stereocenters. The molecule has 4 rings (SSSR count). The number of carbonyl (C=O) groups excluding carboxylic acids is 2. The molecule has 0 unspecified atom stereocenters. The van der Waals surface area contributed by atoms with Gasteiger partial charge in [-0.25, -0.2) is 14.6 Å². The van der Waals surface area contributed by atoms with Gasteiger partial charge in [0.15, 0.2) is 6.61 Å². The minimum Gasteiger partial charge on any atom is -0.484 e. The molecule has 0 spiro atoms. The maximum Gasteiger partial charge on any atom is 0.262 e. The Balaban J connectivity index is 1.35. The summed E-state index contributed by atoms with van der Waals surface area (Å²) in [5.74, 6) is 1.12. The van der Waals surface area contributed by atoms with E-state index in [4.69, 9.17) is 9.15 Å². The second-order valence-electron chi connectivity index (χ2n) is 8.02. The lowest BCUT2D eigenvalue weighted by Gasteiger charge is -2.11. The quantitative estimate of drug-likeness (QED) is 0.381. The number of aromatic nitrogens is 4. The number of anilines is 1. The molecule has 2 N–H and O–H groups in total. The van der Waals surface area contributed by atoms with Gasteiger partial charge in [-0.2, -0.15) is 5.10 Å². The lowest BCUT2D eigenvalue weighted by Crippen LogP contribution is -2.31. The highest BCUT2D eigenvalue weighted by atomic mass is 16.5. The van der Waals surface area contributed by atoms with E-state index < -0.39 is 6.04 Å². The summed E-state index contributed by atoms with van der Waals surface area (Å²) in [5, 5.41) is 9.64. The van der Waals surface area contributed by atoms with Gasteiger partial charge in [0, 0.05) is 11.3 Å². The van der Waals surface area contributed by atoms with E-state index >= 15 is 0 Å². The van der Waals surface area contributed by atoms with Crippen LogP contribution in [-0.4, -0.2) is 38.2 Å². The molecule has 0 aliphatic rings. The van der Waals surface area contributed by atoms with Gasteiger partial charge >= 0.3 is 0 Å². The Bertz CT molecular complexity index is 1300. The molecule has 0 radical (unpaired) electrons. The number of nitrogens with one attached hydrogen (secondary N) is 2. The first-order chi connectivity index (χ1) is 16.9. The second-order valence-corrected chi connectivity index (χ2v) is 8.02. The van der Waals surface area contributed by atoms with Gasteiger partial charge < -0.3 is 19.8 Å². The Morgan fingerprint density at radius 3 is 2.69 bits per heavy atom. The van der Waals surface area contributed by atoms with Crippen molar-refractivity contribution in [1.82, 2.24) is 25.1 Å². The average Bonchev–Trinajstić information content (AvgIpc) is 3.52. The maximum absolute atomic E-state index is 12.4. The molecule has 180 valence electrons. The van der Waals surface area contributed by atoms with Crippen LogP contribution in [-0.2, 0) is 16.1 Å². The molecule has 0 bridgehead atoms. The Hall–Kier alpha value is -4.47. The van der Waals surface area contributed by atoms with E-state index in [0.717, 1.165) is 5.56 Å². The SMILES string of the molecule is Cc1ccc(OCC(=O)Nc2cccc(-c3nc(CNC(=O)[C@@H](C)n4cncn4)c(C)o3)c2)cc1. The van der Waals surface area contributed by atoms with Gasteiger partial charge in [0.25, 0.3) is 5.91 Å². The van der Waals surface area contributed by atoms with Crippen molar-refractivity contribution in [3.8, 4) is 17.2 Å². The van der Waals surface area contributed by atoms with Crippen molar-refractivity contribution in [2.75, 3.05) is 11.9 Å². The number of nitrogens with zero attached hydrogens (tertiary/aromatic N) is 4. The number of oxazole rings is 1. The number of aryl methyl sites for hydroxylation is 2. The molecular formula is C25H26N6O4. The van der Waals surface area contributed by atoms with Crippen molar-refractivity contribution in [3.63, 3.8) is 0 Å². The Morgan fingerprint density at radius 2 is 1.94 bits per heavy atom. The molecular weight excluding hydrogens is 448 g/mol. The minimum atomic E-state index is -0.501.